The Bertz CT molecular complexity index is 806. The van der Waals surface area contributed by atoms with Gasteiger partial charge >= 0.3 is 5.97 Å². The molecule has 2 aliphatic heterocycles. The molecular weight excluding hydrogens is 376 g/mol. The summed E-state index contributed by atoms with van der Waals surface area (Å²) < 4.78 is 11.4. The smallest absolute Gasteiger partial charge is 0.310 e. The van der Waals surface area contributed by atoms with Crippen molar-refractivity contribution in [2.24, 2.45) is 5.92 Å². The molecule has 1 atom stereocenters. The molecule has 0 saturated carbocycles. The molecule has 0 unspecified atom stereocenters. The van der Waals surface area contributed by atoms with Gasteiger partial charge in [0.1, 0.15) is 11.5 Å². The molecule has 2 aliphatic rings. The lowest BCUT2D eigenvalue weighted by atomic mass is 9.98. The molecule has 1 fully saturated rings. The van der Waals surface area contributed by atoms with Gasteiger partial charge in [0.25, 0.3) is 0 Å². The van der Waals surface area contributed by atoms with E-state index in [1.807, 2.05) is 19.1 Å². The molecule has 0 aliphatic carbocycles. The summed E-state index contributed by atoms with van der Waals surface area (Å²) in [5, 5.41) is 0. The highest BCUT2D eigenvalue weighted by Crippen LogP contribution is 2.32. The first-order chi connectivity index (χ1) is 14.7. The van der Waals surface area contributed by atoms with Crippen LogP contribution in [0.1, 0.15) is 37.3 Å². The fraction of sp³-hybridized carbons (Fsp3) is 0.480. The maximum absolute atomic E-state index is 12.1. The molecular formula is C25H32N2O3. The third-order valence-corrected chi connectivity index (χ3v) is 6.03. The number of esters is 1. The highest BCUT2D eigenvalue weighted by molar-refractivity contribution is 5.72. The minimum absolute atomic E-state index is 0.0285. The summed E-state index contributed by atoms with van der Waals surface area (Å²) in [5.74, 6) is 1.90. The number of carbonyl (C=O) groups excluding carboxylic acids is 1. The van der Waals surface area contributed by atoms with Crippen molar-refractivity contribution in [3.05, 3.63) is 59.7 Å². The van der Waals surface area contributed by atoms with E-state index in [4.69, 9.17) is 9.47 Å². The van der Waals surface area contributed by atoms with E-state index in [2.05, 4.69) is 46.2 Å². The predicted molar refractivity (Wildman–Crippen MR) is 117 cm³/mol. The van der Waals surface area contributed by atoms with Crippen LogP contribution in [0.3, 0.4) is 0 Å². The van der Waals surface area contributed by atoms with Crippen LogP contribution in [-0.2, 0) is 22.6 Å². The van der Waals surface area contributed by atoms with Crippen molar-refractivity contribution in [3.8, 4) is 11.5 Å². The lowest BCUT2D eigenvalue weighted by Crippen LogP contribution is -2.40. The molecule has 0 radical (unpaired) electrons. The Labute approximate surface area is 179 Å². The van der Waals surface area contributed by atoms with Gasteiger partial charge in [0.05, 0.1) is 12.5 Å². The summed E-state index contributed by atoms with van der Waals surface area (Å²) in [6.07, 6.45) is 3.11. The molecule has 0 aromatic heterocycles. The summed E-state index contributed by atoms with van der Waals surface area (Å²) in [6, 6.07) is 16.6. The third-order valence-electron chi connectivity index (χ3n) is 6.03. The lowest BCUT2D eigenvalue weighted by Gasteiger charge is -2.32. The predicted octanol–water partition coefficient (Wildman–Crippen LogP) is 4.46. The van der Waals surface area contributed by atoms with Gasteiger partial charge in [-0.2, -0.15) is 0 Å². The van der Waals surface area contributed by atoms with Crippen molar-refractivity contribution in [3.63, 3.8) is 0 Å². The minimum Gasteiger partial charge on any atom is -0.466 e. The van der Waals surface area contributed by atoms with Gasteiger partial charge in [-0.3, -0.25) is 9.69 Å². The first kappa shape index (κ1) is 20.9. The standard InChI is InChI=1S/C25H32N2O3/c1-2-29-25(28)22-11-7-14-26(19-22)15-8-16-27-17-20-9-3-5-12-23(20)30-24-13-6-4-10-21(24)18-27/h3-6,9-10,12-13,22H,2,7-8,11,14-19H2,1H3/t22-/m1/s1. The molecule has 2 aromatic rings. The van der Waals surface area contributed by atoms with Crippen LogP contribution >= 0.6 is 0 Å². The zero-order valence-electron chi connectivity index (χ0n) is 17.9. The summed E-state index contributed by atoms with van der Waals surface area (Å²) in [4.78, 5) is 17.0. The second-order valence-corrected chi connectivity index (χ2v) is 8.27. The fourth-order valence-corrected chi connectivity index (χ4v) is 4.51. The van der Waals surface area contributed by atoms with Crippen molar-refractivity contribution < 1.29 is 14.3 Å². The number of nitrogens with zero attached hydrogens (tertiary/aromatic N) is 2. The molecule has 4 rings (SSSR count). The summed E-state index contributed by atoms with van der Waals surface area (Å²) in [5.41, 5.74) is 2.46. The number of ether oxygens (including phenoxy) is 2. The van der Waals surface area contributed by atoms with Crippen molar-refractivity contribution in [2.75, 3.05) is 32.8 Å². The van der Waals surface area contributed by atoms with E-state index in [0.29, 0.717) is 6.61 Å². The Morgan fingerprint density at radius 3 is 2.30 bits per heavy atom. The largest absolute Gasteiger partial charge is 0.466 e. The number of carbonyl (C=O) groups is 1. The molecule has 0 bridgehead atoms. The van der Waals surface area contributed by atoms with E-state index in [1.54, 1.807) is 0 Å². The molecule has 2 aromatic carbocycles. The van der Waals surface area contributed by atoms with Gasteiger partial charge in [0.2, 0.25) is 0 Å². The highest BCUT2D eigenvalue weighted by atomic mass is 16.5. The second-order valence-electron chi connectivity index (χ2n) is 8.27. The van der Waals surface area contributed by atoms with E-state index in [-0.39, 0.29) is 11.9 Å². The van der Waals surface area contributed by atoms with E-state index in [1.165, 1.54) is 11.1 Å². The van der Waals surface area contributed by atoms with Gasteiger partial charge < -0.3 is 14.4 Å². The average Bonchev–Trinajstić information content (AvgIpc) is 2.75. The van der Waals surface area contributed by atoms with Crippen molar-refractivity contribution in [2.45, 2.75) is 39.3 Å². The van der Waals surface area contributed by atoms with Crippen LogP contribution in [0.4, 0.5) is 0 Å². The zero-order valence-corrected chi connectivity index (χ0v) is 17.9. The van der Waals surface area contributed by atoms with E-state index in [9.17, 15) is 4.79 Å². The molecule has 0 spiro atoms. The number of fused-ring (bicyclic) bond motifs is 2. The molecule has 5 nitrogen and oxygen atoms in total. The van der Waals surface area contributed by atoms with Crippen LogP contribution in [-0.4, -0.2) is 48.6 Å². The lowest BCUT2D eigenvalue weighted by molar-refractivity contribution is -0.149. The van der Waals surface area contributed by atoms with E-state index < -0.39 is 0 Å². The van der Waals surface area contributed by atoms with Crippen LogP contribution < -0.4 is 4.74 Å². The van der Waals surface area contributed by atoms with Crippen molar-refractivity contribution in [1.82, 2.24) is 9.80 Å². The normalized spacial score (nSPS) is 19.7. The number of hydrogen-bond acceptors (Lipinski definition) is 5. The van der Waals surface area contributed by atoms with Gasteiger partial charge in [-0.05, 0) is 51.4 Å². The SMILES string of the molecule is CCOC(=O)[C@@H]1CCCN(CCCN2Cc3ccccc3Oc3ccccc3C2)C1. The topological polar surface area (TPSA) is 42.0 Å². The maximum atomic E-state index is 12.1. The van der Waals surface area contributed by atoms with Gasteiger partial charge in [-0.25, -0.2) is 0 Å². The number of para-hydroxylation sites is 2. The summed E-state index contributed by atoms with van der Waals surface area (Å²) in [7, 11) is 0. The Morgan fingerprint density at radius 2 is 1.63 bits per heavy atom. The van der Waals surface area contributed by atoms with Crippen molar-refractivity contribution >= 4 is 5.97 Å². The van der Waals surface area contributed by atoms with Crippen LogP contribution in [0, 0.1) is 5.92 Å². The number of likely N-dealkylation sites (tertiary alicyclic amines) is 1. The molecule has 2 heterocycles. The average molecular weight is 409 g/mol. The Kier molecular flexibility index (Phi) is 7.03. The van der Waals surface area contributed by atoms with Crippen LogP contribution in [0.5, 0.6) is 11.5 Å². The van der Waals surface area contributed by atoms with E-state index in [0.717, 1.165) is 70.0 Å². The van der Waals surface area contributed by atoms with Gasteiger partial charge in [-0.1, -0.05) is 36.4 Å². The molecule has 0 amide bonds. The van der Waals surface area contributed by atoms with E-state index >= 15 is 0 Å². The molecule has 160 valence electrons. The maximum Gasteiger partial charge on any atom is 0.310 e. The zero-order chi connectivity index (χ0) is 20.8. The molecule has 0 N–H and O–H groups in total. The molecule has 30 heavy (non-hydrogen) atoms. The Morgan fingerprint density at radius 1 is 1.00 bits per heavy atom. The highest BCUT2D eigenvalue weighted by Gasteiger charge is 2.26. The molecule has 5 heteroatoms. The van der Waals surface area contributed by atoms with Gasteiger partial charge in [0.15, 0.2) is 0 Å². The summed E-state index contributed by atoms with van der Waals surface area (Å²) in [6.45, 7) is 8.06. The Hall–Kier alpha value is -2.37. The number of rotatable bonds is 6. The third kappa shape index (κ3) is 5.21. The first-order valence-electron chi connectivity index (χ1n) is 11.2. The summed E-state index contributed by atoms with van der Waals surface area (Å²) >= 11 is 0. The van der Waals surface area contributed by atoms with Crippen LogP contribution in [0.15, 0.2) is 48.5 Å². The monoisotopic (exact) mass is 408 g/mol. The Balaban J connectivity index is 1.37. The first-order valence-corrected chi connectivity index (χ1v) is 11.2. The minimum atomic E-state index is -0.0285. The fourth-order valence-electron chi connectivity index (χ4n) is 4.51. The number of hydrogen-bond donors (Lipinski definition) is 0. The number of piperidine rings is 1. The van der Waals surface area contributed by atoms with Gasteiger partial charge in [0, 0.05) is 37.3 Å². The molecule has 1 saturated heterocycles. The van der Waals surface area contributed by atoms with Crippen molar-refractivity contribution in [1.29, 1.82) is 0 Å². The second kappa shape index (κ2) is 10.1. The number of benzene rings is 2. The van der Waals surface area contributed by atoms with Crippen LogP contribution in [0.2, 0.25) is 0 Å². The van der Waals surface area contributed by atoms with Crippen LogP contribution in [0.25, 0.3) is 0 Å². The van der Waals surface area contributed by atoms with Gasteiger partial charge in [-0.15, -0.1) is 0 Å². The quantitative estimate of drug-likeness (QED) is 0.660.